The fourth-order valence-corrected chi connectivity index (χ4v) is 1.82. The van der Waals surface area contributed by atoms with Crippen LogP contribution in [-0.4, -0.2) is 21.3 Å². The molecule has 1 aromatic carbocycles. The van der Waals surface area contributed by atoms with Crippen molar-refractivity contribution in [3.8, 4) is 5.75 Å². The maximum atomic E-state index is 11.0. The van der Waals surface area contributed by atoms with Gasteiger partial charge in [-0.25, -0.2) is 0 Å². The molecule has 0 radical (unpaired) electrons. The van der Waals surface area contributed by atoms with Crippen LogP contribution in [0.5, 0.6) is 5.75 Å². The summed E-state index contributed by atoms with van der Waals surface area (Å²) in [4.78, 5) is 0. The molecule has 0 bridgehead atoms. The molecule has 0 aliphatic rings. The molecule has 1 aromatic rings. The minimum absolute atomic E-state index is 0.0489. The van der Waals surface area contributed by atoms with Crippen molar-refractivity contribution in [3.63, 3.8) is 0 Å². The topological polar surface area (TPSA) is 52.6 Å². The molecule has 0 N–H and O–H groups in total. The van der Waals surface area contributed by atoms with E-state index >= 15 is 0 Å². The van der Waals surface area contributed by atoms with Crippen LogP contribution in [0.4, 0.5) is 0 Å². The molecule has 18 heavy (non-hydrogen) atoms. The minimum atomic E-state index is -3.42. The summed E-state index contributed by atoms with van der Waals surface area (Å²) in [6, 6.07) is 3.62. The van der Waals surface area contributed by atoms with Gasteiger partial charge in [-0.1, -0.05) is 18.7 Å². The van der Waals surface area contributed by atoms with Gasteiger partial charge in [0.25, 0.3) is 10.1 Å². The Labute approximate surface area is 108 Å². The molecule has 1 rings (SSSR count). The van der Waals surface area contributed by atoms with Gasteiger partial charge in [-0.3, -0.25) is 4.18 Å². The Kier molecular flexibility index (Phi) is 4.93. The van der Waals surface area contributed by atoms with Crippen LogP contribution in [0.15, 0.2) is 24.8 Å². The molecule has 5 heteroatoms. The number of rotatable bonds is 6. The van der Waals surface area contributed by atoms with E-state index < -0.39 is 10.1 Å². The molecule has 0 heterocycles. The van der Waals surface area contributed by atoms with Crippen LogP contribution in [0.3, 0.4) is 0 Å². The molecular weight excluding hydrogens is 252 g/mol. The van der Waals surface area contributed by atoms with Crippen molar-refractivity contribution in [2.75, 3.05) is 12.9 Å². The summed E-state index contributed by atoms with van der Waals surface area (Å²) in [5, 5.41) is 0. The first-order chi connectivity index (χ1) is 8.35. The monoisotopic (exact) mass is 270 g/mol. The Balaban J connectivity index is 2.90. The van der Waals surface area contributed by atoms with Crippen molar-refractivity contribution in [2.24, 2.45) is 0 Å². The van der Waals surface area contributed by atoms with E-state index in [0.29, 0.717) is 6.61 Å². The van der Waals surface area contributed by atoms with Crippen LogP contribution in [0.2, 0.25) is 0 Å². The fourth-order valence-electron chi connectivity index (χ4n) is 1.48. The summed E-state index contributed by atoms with van der Waals surface area (Å²) in [7, 11) is -3.42. The molecular formula is C13H18O4S. The molecule has 0 spiro atoms. The van der Waals surface area contributed by atoms with Crippen LogP contribution < -0.4 is 4.74 Å². The SMILES string of the molecule is C=CCOc1ccc(COS(C)(=O)=O)c(C)c1C. The van der Waals surface area contributed by atoms with E-state index in [9.17, 15) is 8.42 Å². The molecule has 0 unspecified atom stereocenters. The number of benzene rings is 1. The first-order valence-electron chi connectivity index (χ1n) is 5.52. The first kappa shape index (κ1) is 14.7. The van der Waals surface area contributed by atoms with Crippen molar-refractivity contribution in [3.05, 3.63) is 41.5 Å². The van der Waals surface area contributed by atoms with E-state index in [0.717, 1.165) is 28.7 Å². The second-order valence-corrected chi connectivity index (χ2v) is 5.68. The molecule has 0 saturated heterocycles. The minimum Gasteiger partial charge on any atom is -0.489 e. The Morgan fingerprint density at radius 1 is 1.28 bits per heavy atom. The third-order valence-electron chi connectivity index (χ3n) is 2.63. The summed E-state index contributed by atoms with van der Waals surface area (Å²) in [6.07, 6.45) is 2.71. The van der Waals surface area contributed by atoms with Crippen LogP contribution in [0, 0.1) is 13.8 Å². The summed E-state index contributed by atoms with van der Waals surface area (Å²) < 4.78 is 32.2. The number of hydrogen-bond donors (Lipinski definition) is 0. The van der Waals surface area contributed by atoms with Crippen LogP contribution in [0.25, 0.3) is 0 Å². The second kappa shape index (κ2) is 6.02. The third kappa shape index (κ3) is 4.16. The second-order valence-electron chi connectivity index (χ2n) is 4.04. The molecule has 100 valence electrons. The Morgan fingerprint density at radius 2 is 1.94 bits per heavy atom. The lowest BCUT2D eigenvalue weighted by Gasteiger charge is -2.13. The van der Waals surface area contributed by atoms with Crippen LogP contribution >= 0.6 is 0 Å². The summed E-state index contributed by atoms with van der Waals surface area (Å²) in [6.45, 7) is 7.92. The van der Waals surface area contributed by atoms with Crippen LogP contribution in [-0.2, 0) is 20.9 Å². The fraction of sp³-hybridized carbons (Fsp3) is 0.385. The highest BCUT2D eigenvalue weighted by Gasteiger charge is 2.09. The summed E-state index contributed by atoms with van der Waals surface area (Å²) >= 11 is 0. The van der Waals surface area contributed by atoms with E-state index in [2.05, 4.69) is 6.58 Å². The normalized spacial score (nSPS) is 11.3. The van der Waals surface area contributed by atoms with Crippen molar-refractivity contribution in [1.82, 2.24) is 0 Å². The van der Waals surface area contributed by atoms with Gasteiger partial charge in [-0.2, -0.15) is 8.42 Å². The quantitative estimate of drug-likeness (QED) is 0.588. The van der Waals surface area contributed by atoms with Crippen LogP contribution in [0.1, 0.15) is 16.7 Å². The lowest BCUT2D eigenvalue weighted by Crippen LogP contribution is -2.05. The zero-order valence-electron chi connectivity index (χ0n) is 10.9. The molecule has 0 aliphatic carbocycles. The smallest absolute Gasteiger partial charge is 0.264 e. The van der Waals surface area contributed by atoms with Gasteiger partial charge in [0.1, 0.15) is 12.4 Å². The van der Waals surface area contributed by atoms with Gasteiger partial charge in [-0.05, 0) is 36.6 Å². The van der Waals surface area contributed by atoms with Gasteiger partial charge in [0, 0.05) is 0 Å². The predicted octanol–water partition coefficient (Wildman–Crippen LogP) is 2.34. The third-order valence-corrected chi connectivity index (χ3v) is 3.18. The van der Waals surface area contributed by atoms with Gasteiger partial charge in [0.2, 0.25) is 0 Å². The summed E-state index contributed by atoms with van der Waals surface area (Å²) in [5.74, 6) is 0.774. The van der Waals surface area contributed by atoms with E-state index in [4.69, 9.17) is 8.92 Å². The molecule has 4 nitrogen and oxygen atoms in total. The van der Waals surface area contributed by atoms with E-state index in [1.807, 2.05) is 26.0 Å². The zero-order valence-corrected chi connectivity index (χ0v) is 11.7. The lowest BCUT2D eigenvalue weighted by molar-refractivity contribution is 0.310. The molecule has 0 saturated carbocycles. The van der Waals surface area contributed by atoms with Crippen molar-refractivity contribution >= 4 is 10.1 Å². The Bertz CT molecular complexity index is 532. The van der Waals surface area contributed by atoms with Gasteiger partial charge in [0.05, 0.1) is 12.9 Å². The zero-order chi connectivity index (χ0) is 13.8. The van der Waals surface area contributed by atoms with Gasteiger partial charge in [0.15, 0.2) is 0 Å². The molecule has 0 aromatic heterocycles. The molecule has 0 atom stereocenters. The van der Waals surface area contributed by atoms with Gasteiger partial charge >= 0.3 is 0 Å². The van der Waals surface area contributed by atoms with Crippen molar-refractivity contribution in [1.29, 1.82) is 0 Å². The predicted molar refractivity (Wildman–Crippen MR) is 71.2 cm³/mol. The number of hydrogen-bond acceptors (Lipinski definition) is 4. The Morgan fingerprint density at radius 3 is 2.50 bits per heavy atom. The first-order valence-corrected chi connectivity index (χ1v) is 7.34. The number of ether oxygens (including phenoxy) is 1. The van der Waals surface area contributed by atoms with Crippen molar-refractivity contribution in [2.45, 2.75) is 20.5 Å². The molecule has 0 fully saturated rings. The molecule has 0 amide bonds. The summed E-state index contributed by atoms with van der Waals surface area (Å²) in [5.41, 5.74) is 2.79. The molecule has 0 aliphatic heterocycles. The van der Waals surface area contributed by atoms with E-state index in [1.54, 1.807) is 6.08 Å². The highest BCUT2D eigenvalue weighted by atomic mass is 32.2. The van der Waals surface area contributed by atoms with Gasteiger partial charge in [-0.15, -0.1) is 0 Å². The average Bonchev–Trinajstić information content (AvgIpc) is 2.28. The van der Waals surface area contributed by atoms with Gasteiger partial charge < -0.3 is 4.74 Å². The standard InChI is InChI=1S/C13H18O4S/c1-5-8-16-13-7-6-12(10(2)11(13)3)9-17-18(4,14)15/h5-7H,1,8-9H2,2-4H3. The lowest BCUT2D eigenvalue weighted by atomic mass is 10.0. The Hall–Kier alpha value is -1.33. The maximum absolute atomic E-state index is 11.0. The average molecular weight is 270 g/mol. The highest BCUT2D eigenvalue weighted by molar-refractivity contribution is 7.85. The van der Waals surface area contributed by atoms with Crippen molar-refractivity contribution < 1.29 is 17.3 Å². The van der Waals surface area contributed by atoms with E-state index in [1.165, 1.54) is 0 Å². The maximum Gasteiger partial charge on any atom is 0.264 e. The highest BCUT2D eigenvalue weighted by Crippen LogP contribution is 2.25. The largest absolute Gasteiger partial charge is 0.489 e. The van der Waals surface area contributed by atoms with E-state index in [-0.39, 0.29) is 6.61 Å².